The van der Waals surface area contributed by atoms with Crippen molar-refractivity contribution < 1.29 is 0 Å². The molecule has 3 aromatic heterocycles. The Morgan fingerprint density at radius 3 is 0.966 bits per heavy atom. The van der Waals surface area contributed by atoms with Crippen molar-refractivity contribution in [1.82, 2.24) is 0 Å². The summed E-state index contributed by atoms with van der Waals surface area (Å²) in [4.78, 5) is 7.17. The second kappa shape index (κ2) is 16.7. The van der Waals surface area contributed by atoms with Crippen LogP contribution in [-0.4, -0.2) is 0 Å². The minimum absolute atomic E-state index is 0.630. The first-order chi connectivity index (χ1) is 29.2. The molecule has 3 heterocycles. The number of hydrogen-bond donors (Lipinski definition) is 0. The summed E-state index contributed by atoms with van der Waals surface area (Å²) >= 11 is 3.83. The molecular formula is C54H39N2PS2. The van der Waals surface area contributed by atoms with E-state index in [2.05, 4.69) is 246 Å². The zero-order valence-corrected chi connectivity index (χ0v) is 34.7. The maximum atomic E-state index is 2.44. The highest BCUT2D eigenvalue weighted by atomic mass is 32.1. The van der Waals surface area contributed by atoms with Crippen LogP contribution in [0.1, 0.15) is 20.9 Å². The number of fused-ring (bicyclic) bond motifs is 3. The van der Waals surface area contributed by atoms with Crippen molar-refractivity contribution in [1.29, 1.82) is 0 Å². The highest BCUT2D eigenvalue weighted by Crippen LogP contribution is 2.59. The fraction of sp³-hybridized carbons (Fsp3) is 0. The van der Waals surface area contributed by atoms with E-state index in [1.165, 1.54) is 45.8 Å². The van der Waals surface area contributed by atoms with Crippen molar-refractivity contribution in [3.63, 3.8) is 0 Å². The SMILES string of the molecule is C(=C\c1cc2c(s1)c1sc(/C=C/c3ccc(N(c4ccccc4)c4ccccc4)cc3)cc1p2-c1ccccc1)/c1ccc(N(c2ccccc2)c2ccccc2)cc1. The first kappa shape index (κ1) is 36.6. The van der Waals surface area contributed by atoms with Gasteiger partial charge in [-0.2, -0.15) is 0 Å². The molecule has 5 heteroatoms. The van der Waals surface area contributed by atoms with E-state index in [0.29, 0.717) is 0 Å². The van der Waals surface area contributed by atoms with Crippen molar-refractivity contribution in [2.45, 2.75) is 0 Å². The third kappa shape index (κ3) is 7.70. The number of thiophene rings is 2. The standard InChI is InChI=1S/C54H39N2PS2/c1-6-16-42(17-7-1)55(43-18-8-2-9-19-43)46-32-26-40(27-33-46)30-36-49-38-51-53(58-49)54-52(57(51)48-24-14-5-15-25-48)39-50(59-54)37-31-41-28-34-47(35-29-41)56(44-20-10-3-11-21-44)45-22-12-4-13-23-45/h1-39H/b36-30+,37-31+. The van der Waals surface area contributed by atoms with Crippen LogP contribution >= 0.6 is 30.2 Å². The molecule has 7 aromatic carbocycles. The third-order valence-electron chi connectivity index (χ3n) is 10.4. The molecule has 0 atom stereocenters. The van der Waals surface area contributed by atoms with Crippen LogP contribution in [0.25, 0.3) is 49.2 Å². The van der Waals surface area contributed by atoms with Crippen LogP contribution in [0.3, 0.4) is 0 Å². The second-order valence-electron chi connectivity index (χ2n) is 14.3. The van der Waals surface area contributed by atoms with Crippen LogP contribution in [0.4, 0.5) is 34.1 Å². The Hall–Kier alpha value is -6.68. The Morgan fingerprint density at radius 1 is 0.322 bits per heavy atom. The molecule has 0 fully saturated rings. The largest absolute Gasteiger partial charge is 0.311 e. The average molecular weight is 811 g/mol. The zero-order valence-electron chi connectivity index (χ0n) is 32.2. The lowest BCUT2D eigenvalue weighted by Gasteiger charge is -2.25. The number of nitrogens with zero attached hydrogens (tertiary/aromatic N) is 2. The molecule has 0 unspecified atom stereocenters. The number of rotatable bonds is 11. The van der Waals surface area contributed by atoms with Gasteiger partial charge in [0.2, 0.25) is 0 Å². The third-order valence-corrected chi connectivity index (χ3v) is 15.6. The van der Waals surface area contributed by atoms with E-state index in [1.54, 1.807) is 0 Å². The lowest BCUT2D eigenvalue weighted by Crippen LogP contribution is -2.09. The summed E-state index contributed by atoms with van der Waals surface area (Å²) in [6.07, 6.45) is 9.07. The van der Waals surface area contributed by atoms with E-state index in [1.807, 2.05) is 22.7 Å². The Morgan fingerprint density at radius 2 is 0.627 bits per heavy atom. The maximum Gasteiger partial charge on any atom is 0.0574 e. The van der Waals surface area contributed by atoms with Crippen LogP contribution in [0, 0.1) is 0 Å². The van der Waals surface area contributed by atoms with Gasteiger partial charge in [0.05, 0.1) is 9.40 Å². The molecule has 10 rings (SSSR count). The van der Waals surface area contributed by atoms with Gasteiger partial charge in [-0.05, 0) is 114 Å². The summed E-state index contributed by atoms with van der Waals surface area (Å²) in [5, 5.41) is 4.35. The van der Waals surface area contributed by atoms with Crippen molar-refractivity contribution in [2.75, 3.05) is 9.80 Å². The number of anilines is 6. The molecule has 0 N–H and O–H groups in total. The van der Waals surface area contributed by atoms with Crippen molar-refractivity contribution >= 4 is 108 Å². The summed E-state index contributed by atoms with van der Waals surface area (Å²) in [5.41, 5.74) is 9.18. The normalized spacial score (nSPS) is 11.6. The fourth-order valence-corrected chi connectivity index (χ4v) is 13.3. The number of benzene rings is 7. The molecule has 59 heavy (non-hydrogen) atoms. The van der Waals surface area contributed by atoms with Gasteiger partial charge in [-0.3, -0.25) is 0 Å². The van der Waals surface area contributed by atoms with Gasteiger partial charge in [0.25, 0.3) is 0 Å². The summed E-state index contributed by atoms with van der Waals surface area (Å²) in [6.45, 7) is 0. The zero-order chi connectivity index (χ0) is 39.4. The molecule has 0 amide bonds. The summed E-state index contributed by atoms with van der Waals surface area (Å²) < 4.78 is 2.84. The molecule has 282 valence electrons. The molecular weight excluding hydrogens is 772 g/mol. The maximum absolute atomic E-state index is 2.44. The molecule has 0 saturated carbocycles. The highest BCUT2D eigenvalue weighted by molar-refractivity contribution is 7.69. The average Bonchev–Trinajstić information content (AvgIpc) is 3.99. The summed E-state index contributed by atoms with van der Waals surface area (Å²) in [7, 11) is -0.630. The molecule has 0 aliphatic rings. The van der Waals surface area contributed by atoms with Crippen molar-refractivity contribution in [3.8, 4) is 5.30 Å². The quantitative estimate of drug-likeness (QED) is 0.128. The first-order valence-electron chi connectivity index (χ1n) is 19.8. The van der Waals surface area contributed by atoms with Crippen molar-refractivity contribution in [3.05, 3.63) is 233 Å². The minimum Gasteiger partial charge on any atom is -0.311 e. The van der Waals surface area contributed by atoms with Gasteiger partial charge >= 0.3 is 0 Å². The molecule has 0 aliphatic heterocycles. The molecule has 0 saturated heterocycles. The van der Waals surface area contributed by atoms with E-state index in [4.69, 9.17) is 0 Å². The molecule has 2 nitrogen and oxygen atoms in total. The van der Waals surface area contributed by atoms with Gasteiger partial charge in [-0.1, -0.05) is 147 Å². The summed E-state index contributed by atoms with van der Waals surface area (Å²) in [6, 6.07) is 75.9. The second-order valence-corrected chi connectivity index (χ2v) is 18.6. The van der Waals surface area contributed by atoms with Gasteiger partial charge in [0, 0.05) is 54.1 Å². The Balaban J connectivity index is 0.931. The Kier molecular flexibility index (Phi) is 10.3. The minimum atomic E-state index is -0.630. The van der Waals surface area contributed by atoms with Crippen LogP contribution in [0.2, 0.25) is 0 Å². The van der Waals surface area contributed by atoms with Gasteiger partial charge in [0.1, 0.15) is 0 Å². The van der Waals surface area contributed by atoms with Crippen LogP contribution in [0.15, 0.2) is 212 Å². The van der Waals surface area contributed by atoms with Gasteiger partial charge < -0.3 is 9.80 Å². The Labute approximate surface area is 354 Å². The van der Waals surface area contributed by atoms with Crippen LogP contribution in [0.5, 0.6) is 0 Å². The Bertz CT molecular complexity index is 2740. The molecule has 0 aliphatic carbocycles. The predicted octanol–water partition coefficient (Wildman–Crippen LogP) is 17.4. The monoisotopic (exact) mass is 810 g/mol. The summed E-state index contributed by atoms with van der Waals surface area (Å²) in [5.74, 6) is 0. The molecule has 0 radical (unpaired) electrons. The van der Waals surface area contributed by atoms with Crippen LogP contribution in [-0.2, 0) is 0 Å². The first-order valence-corrected chi connectivity index (χ1v) is 22.7. The van der Waals surface area contributed by atoms with E-state index in [-0.39, 0.29) is 0 Å². The van der Waals surface area contributed by atoms with Gasteiger partial charge in [0.15, 0.2) is 0 Å². The molecule has 0 spiro atoms. The van der Waals surface area contributed by atoms with Crippen LogP contribution < -0.4 is 9.80 Å². The number of hydrogen-bond acceptors (Lipinski definition) is 4. The van der Waals surface area contributed by atoms with Gasteiger partial charge in [-0.25, -0.2) is 0 Å². The van der Waals surface area contributed by atoms with E-state index in [0.717, 1.165) is 34.1 Å². The molecule has 0 bridgehead atoms. The van der Waals surface area contributed by atoms with E-state index < -0.39 is 7.53 Å². The smallest absolute Gasteiger partial charge is 0.0574 e. The number of para-hydroxylation sites is 4. The van der Waals surface area contributed by atoms with E-state index in [9.17, 15) is 0 Å². The lowest BCUT2D eigenvalue weighted by molar-refractivity contribution is 1.28. The van der Waals surface area contributed by atoms with Crippen molar-refractivity contribution in [2.24, 2.45) is 0 Å². The highest BCUT2D eigenvalue weighted by Gasteiger charge is 2.19. The topological polar surface area (TPSA) is 6.48 Å². The van der Waals surface area contributed by atoms with E-state index >= 15 is 0 Å². The van der Waals surface area contributed by atoms with Gasteiger partial charge in [-0.15, -0.1) is 22.7 Å². The lowest BCUT2D eigenvalue weighted by atomic mass is 10.1. The molecule has 10 aromatic rings. The predicted molar refractivity (Wildman–Crippen MR) is 261 cm³/mol. The fourth-order valence-electron chi connectivity index (χ4n) is 7.64.